The molecule has 0 atom stereocenters. The second kappa shape index (κ2) is 5.69. The largest absolute Gasteiger partial charge is 0.480 e. The molecule has 1 aromatic carbocycles. The lowest BCUT2D eigenvalue weighted by Gasteiger charge is -2.14. The molecule has 0 bridgehead atoms. The highest BCUT2D eigenvalue weighted by atomic mass is 16.4. The number of para-hydroxylation sites is 1. The average Bonchev–Trinajstić information content (AvgIpc) is 2.28. The SMILES string of the molecule is CC=C(Nc1ccccc1)C(C(=O)O)C(=O)O. The van der Waals surface area contributed by atoms with Gasteiger partial charge in [-0.2, -0.15) is 0 Å². The Balaban J connectivity index is 2.93. The van der Waals surface area contributed by atoms with Crippen LogP contribution >= 0.6 is 0 Å². The number of benzene rings is 1. The summed E-state index contributed by atoms with van der Waals surface area (Å²) in [6.45, 7) is 1.59. The topological polar surface area (TPSA) is 86.6 Å². The van der Waals surface area contributed by atoms with Gasteiger partial charge in [0.1, 0.15) is 0 Å². The van der Waals surface area contributed by atoms with Crippen molar-refractivity contribution in [2.45, 2.75) is 6.92 Å². The number of anilines is 1. The Labute approximate surface area is 98.4 Å². The van der Waals surface area contributed by atoms with E-state index in [9.17, 15) is 9.59 Å². The van der Waals surface area contributed by atoms with Crippen LogP contribution in [0.2, 0.25) is 0 Å². The normalized spacial score (nSPS) is 11.3. The third-order valence-electron chi connectivity index (χ3n) is 2.18. The van der Waals surface area contributed by atoms with Gasteiger partial charge in [-0.3, -0.25) is 9.59 Å². The zero-order chi connectivity index (χ0) is 12.8. The van der Waals surface area contributed by atoms with E-state index in [4.69, 9.17) is 10.2 Å². The Morgan fingerprint density at radius 3 is 2.12 bits per heavy atom. The zero-order valence-corrected chi connectivity index (χ0v) is 9.25. The molecular formula is C12H13NO4. The molecule has 0 aliphatic carbocycles. The number of hydrogen-bond donors (Lipinski definition) is 3. The van der Waals surface area contributed by atoms with E-state index in [0.717, 1.165) is 0 Å². The van der Waals surface area contributed by atoms with Crippen molar-refractivity contribution in [1.29, 1.82) is 0 Å². The second-order valence-corrected chi connectivity index (χ2v) is 3.34. The number of carboxylic acids is 2. The van der Waals surface area contributed by atoms with Crippen LogP contribution in [-0.4, -0.2) is 22.2 Å². The second-order valence-electron chi connectivity index (χ2n) is 3.34. The molecule has 0 fully saturated rings. The summed E-state index contributed by atoms with van der Waals surface area (Å²) in [6.07, 6.45) is 1.44. The average molecular weight is 235 g/mol. The van der Waals surface area contributed by atoms with Gasteiger partial charge in [0, 0.05) is 11.4 Å². The third kappa shape index (κ3) is 3.34. The highest BCUT2D eigenvalue weighted by Gasteiger charge is 2.29. The van der Waals surface area contributed by atoms with E-state index in [2.05, 4.69) is 5.32 Å². The first-order valence-electron chi connectivity index (χ1n) is 5.00. The van der Waals surface area contributed by atoms with Crippen LogP contribution in [0.1, 0.15) is 6.92 Å². The fourth-order valence-corrected chi connectivity index (χ4v) is 1.37. The van der Waals surface area contributed by atoms with Crippen LogP contribution in [0.5, 0.6) is 0 Å². The lowest BCUT2D eigenvalue weighted by atomic mass is 10.1. The van der Waals surface area contributed by atoms with E-state index in [1.54, 1.807) is 31.2 Å². The lowest BCUT2D eigenvalue weighted by molar-refractivity contribution is -0.152. The van der Waals surface area contributed by atoms with Gasteiger partial charge in [-0.25, -0.2) is 0 Å². The third-order valence-corrected chi connectivity index (χ3v) is 2.18. The van der Waals surface area contributed by atoms with Gasteiger partial charge < -0.3 is 15.5 Å². The maximum atomic E-state index is 10.9. The number of nitrogens with one attached hydrogen (secondary N) is 1. The minimum Gasteiger partial charge on any atom is -0.480 e. The van der Waals surface area contributed by atoms with Crippen LogP contribution in [0.25, 0.3) is 0 Å². The van der Waals surface area contributed by atoms with Gasteiger partial charge in [-0.05, 0) is 19.1 Å². The van der Waals surface area contributed by atoms with Crippen molar-refractivity contribution >= 4 is 17.6 Å². The van der Waals surface area contributed by atoms with E-state index in [1.165, 1.54) is 6.08 Å². The molecule has 0 aliphatic heterocycles. The fourth-order valence-electron chi connectivity index (χ4n) is 1.37. The zero-order valence-electron chi connectivity index (χ0n) is 9.25. The van der Waals surface area contributed by atoms with Crippen LogP contribution in [0, 0.1) is 5.92 Å². The van der Waals surface area contributed by atoms with Gasteiger partial charge >= 0.3 is 11.9 Å². The first-order valence-corrected chi connectivity index (χ1v) is 5.00. The highest BCUT2D eigenvalue weighted by molar-refractivity contribution is 5.97. The summed E-state index contributed by atoms with van der Waals surface area (Å²) in [4.78, 5) is 21.7. The fraction of sp³-hybridized carbons (Fsp3) is 0.167. The molecule has 90 valence electrons. The molecule has 0 aromatic heterocycles. The highest BCUT2D eigenvalue weighted by Crippen LogP contribution is 2.16. The molecule has 0 heterocycles. The number of hydrogen-bond acceptors (Lipinski definition) is 3. The van der Waals surface area contributed by atoms with Crippen LogP contribution in [0.15, 0.2) is 42.1 Å². The standard InChI is InChI=1S/C12H13NO4/c1-2-9(10(11(14)15)12(16)17)13-8-6-4-3-5-7-8/h2-7,10,13H,1H3,(H,14,15)(H,16,17). The summed E-state index contributed by atoms with van der Waals surface area (Å²) >= 11 is 0. The summed E-state index contributed by atoms with van der Waals surface area (Å²) in [5, 5.41) is 20.5. The van der Waals surface area contributed by atoms with E-state index in [-0.39, 0.29) is 5.70 Å². The van der Waals surface area contributed by atoms with Crippen LogP contribution in [0.3, 0.4) is 0 Å². The molecule has 17 heavy (non-hydrogen) atoms. The Hall–Kier alpha value is -2.30. The minimum absolute atomic E-state index is 0.135. The summed E-state index contributed by atoms with van der Waals surface area (Å²) in [5.74, 6) is -4.37. The molecule has 0 radical (unpaired) electrons. The van der Waals surface area contributed by atoms with Crippen molar-refractivity contribution < 1.29 is 19.8 Å². The van der Waals surface area contributed by atoms with Crippen molar-refractivity contribution in [2.75, 3.05) is 5.32 Å². The van der Waals surface area contributed by atoms with Gasteiger partial charge in [-0.15, -0.1) is 0 Å². The number of carboxylic acid groups (broad SMARTS) is 2. The Bertz CT molecular complexity index is 425. The summed E-state index contributed by atoms with van der Waals surface area (Å²) < 4.78 is 0. The molecule has 1 aromatic rings. The Morgan fingerprint density at radius 2 is 1.71 bits per heavy atom. The van der Waals surface area contributed by atoms with Crippen molar-refractivity contribution in [3.05, 3.63) is 42.1 Å². The van der Waals surface area contributed by atoms with Crippen LogP contribution in [-0.2, 0) is 9.59 Å². The van der Waals surface area contributed by atoms with E-state index < -0.39 is 17.9 Å². The first-order chi connectivity index (χ1) is 8.06. The minimum atomic E-state index is -1.58. The molecular weight excluding hydrogens is 222 g/mol. The number of aliphatic carboxylic acids is 2. The first kappa shape index (κ1) is 12.8. The molecule has 5 nitrogen and oxygen atoms in total. The van der Waals surface area contributed by atoms with E-state index in [1.807, 2.05) is 6.07 Å². The molecule has 0 spiro atoms. The number of rotatable bonds is 5. The maximum absolute atomic E-state index is 10.9. The predicted octanol–water partition coefficient (Wildman–Crippen LogP) is 1.79. The van der Waals surface area contributed by atoms with Gasteiger partial charge in [0.15, 0.2) is 5.92 Å². The number of allylic oxidation sites excluding steroid dienone is 1. The number of carbonyl (C=O) groups is 2. The molecule has 0 unspecified atom stereocenters. The van der Waals surface area contributed by atoms with Gasteiger partial charge in [0.25, 0.3) is 0 Å². The van der Waals surface area contributed by atoms with E-state index >= 15 is 0 Å². The quantitative estimate of drug-likeness (QED) is 0.677. The van der Waals surface area contributed by atoms with E-state index in [0.29, 0.717) is 5.69 Å². The van der Waals surface area contributed by atoms with Gasteiger partial charge in [0.2, 0.25) is 0 Å². The maximum Gasteiger partial charge on any atom is 0.324 e. The van der Waals surface area contributed by atoms with Crippen molar-refractivity contribution in [2.24, 2.45) is 5.92 Å². The van der Waals surface area contributed by atoms with Gasteiger partial charge in [0.05, 0.1) is 0 Å². The smallest absolute Gasteiger partial charge is 0.324 e. The molecule has 5 heteroatoms. The lowest BCUT2D eigenvalue weighted by Crippen LogP contribution is -2.28. The molecule has 0 saturated carbocycles. The Kier molecular flexibility index (Phi) is 4.28. The summed E-state index contributed by atoms with van der Waals surface area (Å²) in [7, 11) is 0. The monoisotopic (exact) mass is 235 g/mol. The van der Waals surface area contributed by atoms with Gasteiger partial charge in [-0.1, -0.05) is 24.3 Å². The molecule has 0 aliphatic rings. The Morgan fingerprint density at radius 1 is 1.18 bits per heavy atom. The van der Waals surface area contributed by atoms with Crippen molar-refractivity contribution in [3.63, 3.8) is 0 Å². The predicted molar refractivity (Wildman–Crippen MR) is 62.6 cm³/mol. The van der Waals surface area contributed by atoms with Crippen LogP contribution < -0.4 is 5.32 Å². The molecule has 1 rings (SSSR count). The molecule has 3 N–H and O–H groups in total. The molecule has 0 saturated heterocycles. The van der Waals surface area contributed by atoms with Crippen molar-refractivity contribution in [1.82, 2.24) is 0 Å². The summed E-state index contributed by atoms with van der Waals surface area (Å²) in [5.41, 5.74) is 0.782. The molecule has 0 amide bonds. The van der Waals surface area contributed by atoms with Crippen molar-refractivity contribution in [3.8, 4) is 0 Å². The van der Waals surface area contributed by atoms with Crippen LogP contribution in [0.4, 0.5) is 5.69 Å². The summed E-state index contributed by atoms with van der Waals surface area (Å²) in [6, 6.07) is 8.80.